The van der Waals surface area contributed by atoms with Crippen molar-refractivity contribution in [3.8, 4) is 0 Å². The van der Waals surface area contributed by atoms with Crippen LogP contribution in [-0.2, 0) is 17.4 Å². The summed E-state index contributed by atoms with van der Waals surface area (Å²) in [6.45, 7) is 8.27. The molecule has 1 aromatic rings. The van der Waals surface area contributed by atoms with Gasteiger partial charge in [-0.15, -0.1) is 0 Å². The molecule has 2 atom stereocenters. The van der Waals surface area contributed by atoms with Crippen LogP contribution in [0.25, 0.3) is 0 Å². The van der Waals surface area contributed by atoms with Crippen molar-refractivity contribution in [1.82, 2.24) is 15.1 Å². The Morgan fingerprint density at radius 1 is 1.50 bits per heavy atom. The zero-order chi connectivity index (χ0) is 15.3. The van der Waals surface area contributed by atoms with Gasteiger partial charge in [0.25, 0.3) is 0 Å². The average molecular weight is 281 g/mol. The monoisotopic (exact) mass is 281 g/mol. The van der Waals surface area contributed by atoms with Crippen LogP contribution in [0.4, 0.5) is 0 Å². The van der Waals surface area contributed by atoms with E-state index in [0.29, 0.717) is 23.8 Å². The van der Waals surface area contributed by atoms with E-state index in [9.17, 15) is 9.90 Å². The van der Waals surface area contributed by atoms with Gasteiger partial charge in [0.2, 0.25) is 5.91 Å². The SMILES string of the molecule is CC(C)CC(C)CC(=O)NCC(C)(O)c1cnn(C)c1. The first kappa shape index (κ1) is 16.7. The van der Waals surface area contributed by atoms with E-state index in [4.69, 9.17) is 0 Å². The van der Waals surface area contributed by atoms with Crippen LogP contribution < -0.4 is 5.32 Å². The number of carbonyl (C=O) groups is 1. The van der Waals surface area contributed by atoms with Gasteiger partial charge in [0.1, 0.15) is 5.60 Å². The highest BCUT2D eigenvalue weighted by Crippen LogP contribution is 2.19. The summed E-state index contributed by atoms with van der Waals surface area (Å²) >= 11 is 0. The smallest absolute Gasteiger partial charge is 0.220 e. The zero-order valence-electron chi connectivity index (χ0n) is 13.2. The van der Waals surface area contributed by atoms with Gasteiger partial charge < -0.3 is 10.4 Å². The fourth-order valence-electron chi connectivity index (χ4n) is 2.35. The minimum absolute atomic E-state index is 0.0117. The van der Waals surface area contributed by atoms with E-state index in [1.165, 1.54) is 0 Å². The molecule has 0 bridgehead atoms. The van der Waals surface area contributed by atoms with Crippen LogP contribution >= 0.6 is 0 Å². The van der Waals surface area contributed by atoms with Crippen molar-refractivity contribution >= 4 is 5.91 Å². The van der Waals surface area contributed by atoms with E-state index in [1.807, 2.05) is 0 Å². The summed E-state index contributed by atoms with van der Waals surface area (Å²) in [4.78, 5) is 11.9. The Hall–Kier alpha value is -1.36. The largest absolute Gasteiger partial charge is 0.383 e. The van der Waals surface area contributed by atoms with Gasteiger partial charge in [-0.25, -0.2) is 0 Å². The Kier molecular flexibility index (Phi) is 5.74. The maximum Gasteiger partial charge on any atom is 0.220 e. The third-order valence-corrected chi connectivity index (χ3v) is 3.36. The quantitative estimate of drug-likeness (QED) is 0.801. The van der Waals surface area contributed by atoms with E-state index in [0.717, 1.165) is 6.42 Å². The summed E-state index contributed by atoms with van der Waals surface area (Å²) < 4.78 is 1.64. The van der Waals surface area contributed by atoms with E-state index in [1.54, 1.807) is 31.0 Å². The van der Waals surface area contributed by atoms with Crippen LogP contribution in [-0.4, -0.2) is 27.3 Å². The average Bonchev–Trinajstić information content (AvgIpc) is 2.73. The Labute approximate surface area is 121 Å². The highest BCUT2D eigenvalue weighted by atomic mass is 16.3. The predicted molar refractivity (Wildman–Crippen MR) is 79.0 cm³/mol. The molecule has 5 nitrogen and oxygen atoms in total. The second-order valence-corrected chi connectivity index (χ2v) is 6.39. The molecule has 5 heteroatoms. The van der Waals surface area contributed by atoms with Gasteiger partial charge in [-0.3, -0.25) is 9.48 Å². The number of carbonyl (C=O) groups excluding carboxylic acids is 1. The van der Waals surface area contributed by atoms with E-state index >= 15 is 0 Å². The number of rotatable bonds is 7. The summed E-state index contributed by atoms with van der Waals surface area (Å²) in [5.41, 5.74) is -0.388. The molecule has 0 aliphatic rings. The maximum atomic E-state index is 11.9. The molecule has 20 heavy (non-hydrogen) atoms. The van der Waals surface area contributed by atoms with Crippen molar-refractivity contribution in [3.63, 3.8) is 0 Å². The lowest BCUT2D eigenvalue weighted by atomic mass is 9.95. The Balaban J connectivity index is 2.44. The normalized spacial score (nSPS) is 15.9. The number of hydrogen-bond acceptors (Lipinski definition) is 3. The third kappa shape index (κ3) is 5.33. The van der Waals surface area contributed by atoms with Gasteiger partial charge in [0.15, 0.2) is 0 Å². The van der Waals surface area contributed by atoms with E-state index in [-0.39, 0.29) is 12.5 Å². The molecular formula is C15H27N3O2. The third-order valence-electron chi connectivity index (χ3n) is 3.36. The van der Waals surface area contributed by atoms with Gasteiger partial charge in [-0.2, -0.15) is 5.10 Å². The van der Waals surface area contributed by atoms with Crippen LogP contribution in [0, 0.1) is 11.8 Å². The number of aryl methyl sites for hydroxylation is 1. The molecule has 0 saturated heterocycles. The van der Waals surface area contributed by atoms with Gasteiger partial charge in [0.05, 0.1) is 12.7 Å². The molecular weight excluding hydrogens is 254 g/mol. The zero-order valence-corrected chi connectivity index (χ0v) is 13.2. The van der Waals surface area contributed by atoms with Crippen molar-refractivity contribution in [3.05, 3.63) is 18.0 Å². The molecule has 0 radical (unpaired) electrons. The number of amides is 1. The molecule has 1 heterocycles. The molecule has 2 unspecified atom stereocenters. The van der Waals surface area contributed by atoms with Crippen LogP contribution in [0.2, 0.25) is 0 Å². The maximum absolute atomic E-state index is 11.9. The number of hydrogen-bond donors (Lipinski definition) is 2. The second-order valence-electron chi connectivity index (χ2n) is 6.39. The first-order valence-corrected chi connectivity index (χ1v) is 7.19. The van der Waals surface area contributed by atoms with Crippen molar-refractivity contribution < 1.29 is 9.90 Å². The van der Waals surface area contributed by atoms with Crippen LogP contribution in [0.3, 0.4) is 0 Å². The van der Waals surface area contributed by atoms with Gasteiger partial charge in [-0.1, -0.05) is 20.8 Å². The van der Waals surface area contributed by atoms with Crippen LogP contribution in [0.5, 0.6) is 0 Å². The molecule has 0 saturated carbocycles. The molecule has 0 aliphatic carbocycles. The lowest BCUT2D eigenvalue weighted by Crippen LogP contribution is -2.38. The Morgan fingerprint density at radius 2 is 2.15 bits per heavy atom. The number of nitrogens with one attached hydrogen (secondary N) is 1. The highest BCUT2D eigenvalue weighted by molar-refractivity contribution is 5.76. The number of nitrogens with zero attached hydrogens (tertiary/aromatic N) is 2. The molecule has 0 fully saturated rings. The minimum atomic E-state index is -1.09. The Morgan fingerprint density at radius 3 is 2.65 bits per heavy atom. The van der Waals surface area contributed by atoms with Crippen molar-refractivity contribution in [2.24, 2.45) is 18.9 Å². The summed E-state index contributed by atoms with van der Waals surface area (Å²) in [6.07, 6.45) is 4.91. The summed E-state index contributed by atoms with van der Waals surface area (Å²) in [6, 6.07) is 0. The van der Waals surface area contributed by atoms with Crippen LogP contribution in [0.15, 0.2) is 12.4 Å². The summed E-state index contributed by atoms with van der Waals surface area (Å²) in [5, 5.41) is 17.2. The standard InChI is InChI=1S/C15H27N3O2/c1-11(2)6-12(3)7-14(19)16-10-15(4,20)13-8-17-18(5)9-13/h8-9,11-12,20H,6-7,10H2,1-5H3,(H,16,19). The fourth-order valence-corrected chi connectivity index (χ4v) is 2.35. The molecule has 0 spiro atoms. The lowest BCUT2D eigenvalue weighted by Gasteiger charge is -2.23. The fraction of sp³-hybridized carbons (Fsp3) is 0.733. The summed E-state index contributed by atoms with van der Waals surface area (Å²) in [5.74, 6) is 0.942. The molecule has 114 valence electrons. The van der Waals surface area contributed by atoms with E-state index in [2.05, 4.69) is 31.2 Å². The van der Waals surface area contributed by atoms with Gasteiger partial charge in [-0.05, 0) is 25.2 Å². The van der Waals surface area contributed by atoms with Crippen molar-refractivity contribution in [2.45, 2.75) is 46.1 Å². The molecule has 0 aliphatic heterocycles. The molecule has 0 aromatic carbocycles. The molecule has 1 amide bonds. The van der Waals surface area contributed by atoms with Gasteiger partial charge in [0, 0.05) is 25.2 Å². The van der Waals surface area contributed by atoms with E-state index < -0.39 is 5.60 Å². The second kappa shape index (κ2) is 6.88. The van der Waals surface area contributed by atoms with Crippen molar-refractivity contribution in [2.75, 3.05) is 6.54 Å². The van der Waals surface area contributed by atoms with Gasteiger partial charge >= 0.3 is 0 Å². The highest BCUT2D eigenvalue weighted by Gasteiger charge is 2.25. The Bertz CT molecular complexity index is 438. The first-order valence-electron chi connectivity index (χ1n) is 7.19. The number of aliphatic hydroxyl groups is 1. The molecule has 1 rings (SSSR count). The first-order chi connectivity index (χ1) is 9.20. The predicted octanol–water partition coefficient (Wildman–Crippen LogP) is 1.82. The number of aromatic nitrogens is 2. The molecule has 2 N–H and O–H groups in total. The topological polar surface area (TPSA) is 67.2 Å². The molecule has 1 aromatic heterocycles. The lowest BCUT2D eigenvalue weighted by molar-refractivity contribution is -0.123. The minimum Gasteiger partial charge on any atom is -0.383 e. The summed E-state index contributed by atoms with van der Waals surface area (Å²) in [7, 11) is 1.80. The van der Waals surface area contributed by atoms with Crippen LogP contribution in [0.1, 0.15) is 46.1 Å². The van der Waals surface area contributed by atoms with Crippen molar-refractivity contribution in [1.29, 1.82) is 0 Å².